The summed E-state index contributed by atoms with van der Waals surface area (Å²) in [5, 5.41) is 2.33. The van der Waals surface area contributed by atoms with Crippen molar-refractivity contribution >= 4 is 17.2 Å². The number of hydrogen-bond donors (Lipinski definition) is 0. The van der Waals surface area contributed by atoms with Crippen LogP contribution in [0.3, 0.4) is 0 Å². The topological polar surface area (TPSA) is 26.8 Å². The van der Waals surface area contributed by atoms with Crippen molar-refractivity contribution in [2.45, 2.75) is 32.4 Å². The van der Waals surface area contributed by atoms with Gasteiger partial charge < -0.3 is 4.90 Å². The predicted molar refractivity (Wildman–Crippen MR) is 111 cm³/mol. The zero-order chi connectivity index (χ0) is 18.5. The van der Waals surface area contributed by atoms with Crippen molar-refractivity contribution < 1.29 is 4.79 Å². The normalized spacial score (nSPS) is 19.3. The van der Waals surface area contributed by atoms with Crippen LogP contribution in [0.2, 0.25) is 0 Å². The minimum absolute atomic E-state index is 0.162. The second kappa shape index (κ2) is 9.00. The first kappa shape index (κ1) is 18.7. The number of rotatable bonds is 5. The molecule has 0 spiro atoms. The largest absolute Gasteiger partial charge is 0.336 e. The van der Waals surface area contributed by atoms with Crippen molar-refractivity contribution in [3.05, 3.63) is 57.8 Å². The summed E-state index contributed by atoms with van der Waals surface area (Å²) in [6, 6.07) is 12.0. The highest BCUT2D eigenvalue weighted by Gasteiger charge is 2.22. The van der Waals surface area contributed by atoms with E-state index in [1.54, 1.807) is 0 Å². The van der Waals surface area contributed by atoms with Crippen LogP contribution in [0.1, 0.15) is 40.1 Å². The molecule has 3 heterocycles. The molecule has 2 aliphatic heterocycles. The number of benzene rings is 1. The monoisotopic (exact) mass is 383 g/mol. The van der Waals surface area contributed by atoms with Crippen LogP contribution < -0.4 is 0 Å². The quantitative estimate of drug-likeness (QED) is 0.788. The van der Waals surface area contributed by atoms with Crippen molar-refractivity contribution in [2.24, 2.45) is 0 Å². The third kappa shape index (κ3) is 4.98. The second-order valence-corrected chi connectivity index (χ2v) is 8.69. The zero-order valence-corrected chi connectivity index (χ0v) is 16.8. The maximum Gasteiger partial charge on any atom is 0.253 e. The van der Waals surface area contributed by atoms with E-state index in [-0.39, 0.29) is 5.91 Å². The molecule has 0 unspecified atom stereocenters. The third-order valence-electron chi connectivity index (χ3n) is 5.62. The molecule has 144 valence electrons. The number of thiophene rings is 1. The molecule has 5 heteroatoms. The van der Waals surface area contributed by atoms with E-state index in [0.29, 0.717) is 0 Å². The molecule has 2 saturated heterocycles. The van der Waals surface area contributed by atoms with Gasteiger partial charge in [0.25, 0.3) is 5.91 Å². The Labute approximate surface area is 166 Å². The summed E-state index contributed by atoms with van der Waals surface area (Å²) in [5.41, 5.74) is 2.27. The minimum Gasteiger partial charge on any atom is -0.336 e. The molecule has 27 heavy (non-hydrogen) atoms. The van der Waals surface area contributed by atoms with Crippen LogP contribution in [0.4, 0.5) is 0 Å². The molecule has 1 amide bonds. The number of piperazine rings is 1. The van der Waals surface area contributed by atoms with Gasteiger partial charge in [0.05, 0.1) is 0 Å². The third-order valence-corrected chi connectivity index (χ3v) is 6.59. The Bertz CT molecular complexity index is 731. The van der Waals surface area contributed by atoms with Crippen LogP contribution in [-0.2, 0) is 13.1 Å². The second-order valence-electron chi connectivity index (χ2n) is 7.69. The molecule has 2 aromatic rings. The molecule has 0 saturated carbocycles. The van der Waals surface area contributed by atoms with Crippen LogP contribution in [-0.4, -0.2) is 59.9 Å². The molecule has 2 aliphatic rings. The van der Waals surface area contributed by atoms with Gasteiger partial charge in [-0.15, -0.1) is 11.3 Å². The maximum atomic E-state index is 12.6. The first-order valence-electron chi connectivity index (χ1n) is 10.1. The van der Waals surface area contributed by atoms with Crippen LogP contribution in [0.15, 0.2) is 41.8 Å². The van der Waals surface area contributed by atoms with Gasteiger partial charge in [0.15, 0.2) is 0 Å². The van der Waals surface area contributed by atoms with Crippen LogP contribution in [0, 0.1) is 0 Å². The Morgan fingerprint density at radius 2 is 1.56 bits per heavy atom. The van der Waals surface area contributed by atoms with Gasteiger partial charge >= 0.3 is 0 Å². The number of piperidine rings is 1. The SMILES string of the molecule is O=C(c1ccccc1)N1CCN(Cc2cc(CN3CCCCC3)cs2)CC1. The first-order valence-corrected chi connectivity index (χ1v) is 11.0. The van der Waals surface area contributed by atoms with E-state index in [2.05, 4.69) is 21.2 Å². The molecule has 1 aromatic heterocycles. The molecule has 0 radical (unpaired) electrons. The standard InChI is InChI=1S/C22H29N3OS/c26-22(20-7-3-1-4-8-20)25-13-11-24(12-14-25)17-21-15-19(18-27-21)16-23-9-5-2-6-10-23/h1,3-4,7-8,15,18H,2,5-6,9-14,16-17H2. The zero-order valence-electron chi connectivity index (χ0n) is 16.0. The van der Waals surface area contributed by atoms with E-state index >= 15 is 0 Å². The van der Waals surface area contributed by atoms with Crippen LogP contribution in [0.25, 0.3) is 0 Å². The summed E-state index contributed by atoms with van der Waals surface area (Å²) in [7, 11) is 0. The Morgan fingerprint density at radius 3 is 2.30 bits per heavy atom. The molecule has 0 N–H and O–H groups in total. The number of nitrogens with zero attached hydrogens (tertiary/aromatic N) is 3. The van der Waals surface area contributed by atoms with Gasteiger partial charge in [-0.1, -0.05) is 24.6 Å². The summed E-state index contributed by atoms with van der Waals surface area (Å²) in [5.74, 6) is 0.162. The highest BCUT2D eigenvalue weighted by Crippen LogP contribution is 2.21. The molecule has 4 nitrogen and oxygen atoms in total. The number of likely N-dealkylation sites (tertiary alicyclic amines) is 1. The van der Waals surface area contributed by atoms with Gasteiger partial charge in [0.2, 0.25) is 0 Å². The number of carbonyl (C=O) groups excluding carboxylic acids is 1. The number of hydrogen-bond acceptors (Lipinski definition) is 4. The molecule has 4 rings (SSSR count). The smallest absolute Gasteiger partial charge is 0.253 e. The average molecular weight is 384 g/mol. The number of carbonyl (C=O) groups is 1. The lowest BCUT2D eigenvalue weighted by atomic mass is 10.1. The van der Waals surface area contributed by atoms with Gasteiger partial charge in [-0.25, -0.2) is 0 Å². The fourth-order valence-corrected chi connectivity index (χ4v) is 4.98. The summed E-state index contributed by atoms with van der Waals surface area (Å²) < 4.78 is 0. The van der Waals surface area contributed by atoms with Crippen LogP contribution >= 0.6 is 11.3 Å². The van der Waals surface area contributed by atoms with Crippen molar-refractivity contribution in [2.75, 3.05) is 39.3 Å². The van der Waals surface area contributed by atoms with Gasteiger partial charge in [0.1, 0.15) is 0 Å². The minimum atomic E-state index is 0.162. The van der Waals surface area contributed by atoms with E-state index in [1.807, 2.05) is 46.6 Å². The molecular weight excluding hydrogens is 354 g/mol. The van der Waals surface area contributed by atoms with E-state index in [4.69, 9.17) is 0 Å². The van der Waals surface area contributed by atoms with Gasteiger partial charge in [-0.05, 0) is 55.1 Å². The van der Waals surface area contributed by atoms with Gasteiger partial charge in [-0.3, -0.25) is 14.6 Å². The summed E-state index contributed by atoms with van der Waals surface area (Å²) in [4.78, 5) is 21.1. The maximum absolute atomic E-state index is 12.6. The van der Waals surface area contributed by atoms with Crippen LogP contribution in [0.5, 0.6) is 0 Å². The Morgan fingerprint density at radius 1 is 0.852 bits per heavy atom. The number of amides is 1. The van der Waals surface area contributed by atoms with E-state index in [0.717, 1.165) is 44.8 Å². The molecule has 0 bridgehead atoms. The predicted octanol–water partition coefficient (Wildman–Crippen LogP) is 3.69. The van der Waals surface area contributed by atoms with Crippen molar-refractivity contribution in [3.8, 4) is 0 Å². The lowest BCUT2D eigenvalue weighted by molar-refractivity contribution is 0.0629. The molecule has 0 aliphatic carbocycles. The van der Waals surface area contributed by atoms with Crippen molar-refractivity contribution in [3.63, 3.8) is 0 Å². The van der Waals surface area contributed by atoms with E-state index in [1.165, 1.54) is 42.8 Å². The summed E-state index contributed by atoms with van der Waals surface area (Å²) in [6.07, 6.45) is 4.09. The molecular formula is C22H29N3OS. The lowest BCUT2D eigenvalue weighted by Gasteiger charge is -2.34. The highest BCUT2D eigenvalue weighted by atomic mass is 32.1. The highest BCUT2D eigenvalue weighted by molar-refractivity contribution is 7.10. The van der Waals surface area contributed by atoms with Crippen molar-refractivity contribution in [1.82, 2.24) is 14.7 Å². The molecule has 0 atom stereocenters. The van der Waals surface area contributed by atoms with Crippen molar-refractivity contribution in [1.29, 1.82) is 0 Å². The lowest BCUT2D eigenvalue weighted by Crippen LogP contribution is -2.48. The summed E-state index contributed by atoms with van der Waals surface area (Å²) in [6.45, 7) is 8.17. The Balaban J connectivity index is 1.25. The van der Waals surface area contributed by atoms with Gasteiger partial charge in [0, 0.05) is 49.7 Å². The Hall–Kier alpha value is -1.69. The fourth-order valence-electron chi connectivity index (χ4n) is 4.06. The average Bonchev–Trinajstić information content (AvgIpc) is 3.16. The molecule has 2 fully saturated rings. The van der Waals surface area contributed by atoms with Gasteiger partial charge in [-0.2, -0.15) is 0 Å². The first-order chi connectivity index (χ1) is 13.3. The molecule has 1 aromatic carbocycles. The van der Waals surface area contributed by atoms with E-state index < -0.39 is 0 Å². The fraction of sp³-hybridized carbons (Fsp3) is 0.500. The summed E-state index contributed by atoms with van der Waals surface area (Å²) >= 11 is 1.89. The Kier molecular flexibility index (Phi) is 6.22. The van der Waals surface area contributed by atoms with E-state index in [9.17, 15) is 4.79 Å².